The van der Waals surface area contributed by atoms with Gasteiger partial charge in [0, 0.05) is 36.5 Å². The number of hydrogen-bond donors (Lipinski definition) is 1. The molecule has 1 saturated heterocycles. The molecule has 0 amide bonds. The van der Waals surface area contributed by atoms with Crippen LogP contribution in [0.2, 0.25) is 0 Å². The number of piperidine rings is 1. The largest absolute Gasteiger partial charge is 0.352 e. The summed E-state index contributed by atoms with van der Waals surface area (Å²) in [6, 6.07) is 26.0. The number of rotatable bonds is 13. The fourth-order valence-corrected chi connectivity index (χ4v) is 9.08. The minimum absolute atomic E-state index is 0.772. The van der Waals surface area contributed by atoms with Crippen molar-refractivity contribution in [3.63, 3.8) is 0 Å². The molecular formula is C45H51N5S. The molecule has 1 fully saturated rings. The van der Waals surface area contributed by atoms with E-state index < -0.39 is 0 Å². The van der Waals surface area contributed by atoms with Crippen LogP contribution in [0.4, 0.5) is 10.9 Å². The van der Waals surface area contributed by atoms with Crippen LogP contribution >= 0.6 is 11.3 Å². The number of hydrogen-bond acceptors (Lipinski definition) is 6. The predicted octanol–water partition coefficient (Wildman–Crippen LogP) is 10.8. The van der Waals surface area contributed by atoms with Crippen LogP contribution in [-0.4, -0.2) is 41.0 Å². The summed E-state index contributed by atoms with van der Waals surface area (Å²) < 4.78 is 1.17. The predicted molar refractivity (Wildman–Crippen MR) is 219 cm³/mol. The van der Waals surface area contributed by atoms with Gasteiger partial charge in [0.2, 0.25) is 0 Å². The van der Waals surface area contributed by atoms with E-state index in [1.165, 1.54) is 71.3 Å². The van der Waals surface area contributed by atoms with Gasteiger partial charge in [0.25, 0.3) is 0 Å². The van der Waals surface area contributed by atoms with Crippen molar-refractivity contribution in [2.24, 2.45) is 11.8 Å². The van der Waals surface area contributed by atoms with Crippen LogP contribution in [0.5, 0.6) is 0 Å². The van der Waals surface area contributed by atoms with Gasteiger partial charge >= 0.3 is 0 Å². The lowest BCUT2D eigenvalue weighted by Gasteiger charge is -2.34. The van der Waals surface area contributed by atoms with Crippen LogP contribution in [-0.2, 0) is 19.4 Å². The molecular weight excluding hydrogens is 643 g/mol. The number of nitrogens with one attached hydrogen (secondary N) is 1. The van der Waals surface area contributed by atoms with Gasteiger partial charge in [-0.2, -0.15) is 0 Å². The second kappa shape index (κ2) is 15.8. The van der Waals surface area contributed by atoms with Crippen molar-refractivity contribution in [1.29, 1.82) is 0 Å². The number of para-hydroxylation sites is 1. The number of benzene rings is 3. The minimum Gasteiger partial charge on any atom is -0.352 e. The first kappa shape index (κ1) is 34.9. The maximum Gasteiger partial charge on any atom is 0.188 e. The van der Waals surface area contributed by atoms with E-state index in [0.717, 1.165) is 83.3 Å². The average molecular weight is 694 g/mol. The summed E-state index contributed by atoms with van der Waals surface area (Å²) >= 11 is 1.66. The molecule has 1 atom stereocenters. The van der Waals surface area contributed by atoms with Crippen LogP contribution in [0.1, 0.15) is 66.1 Å². The number of nitrogens with zero attached hydrogens (tertiary/aromatic N) is 4. The van der Waals surface area contributed by atoms with E-state index >= 15 is 0 Å². The highest BCUT2D eigenvalue weighted by molar-refractivity contribution is 7.22. The summed E-state index contributed by atoms with van der Waals surface area (Å²) in [5.74, 6) is 2.60. The lowest BCUT2D eigenvalue weighted by Crippen LogP contribution is -2.35. The summed E-state index contributed by atoms with van der Waals surface area (Å²) in [7, 11) is 0. The zero-order chi connectivity index (χ0) is 35.3. The van der Waals surface area contributed by atoms with Crippen molar-refractivity contribution < 1.29 is 0 Å². The van der Waals surface area contributed by atoms with Gasteiger partial charge in [0.15, 0.2) is 5.13 Å². The molecule has 0 radical (unpaired) electrons. The molecule has 1 unspecified atom stereocenters. The Bertz CT molecular complexity index is 2000. The molecule has 6 heteroatoms. The normalized spacial score (nSPS) is 15.8. The van der Waals surface area contributed by atoms with Crippen LogP contribution in [0.15, 0.2) is 98.6 Å². The first-order valence-electron chi connectivity index (χ1n) is 18.6. The van der Waals surface area contributed by atoms with Crippen molar-refractivity contribution in [2.75, 3.05) is 36.4 Å². The molecule has 262 valence electrons. The molecule has 0 saturated carbocycles. The molecule has 51 heavy (non-hydrogen) atoms. The van der Waals surface area contributed by atoms with Crippen molar-refractivity contribution in [2.45, 2.75) is 58.9 Å². The Labute approximate surface area is 308 Å². The molecule has 5 aromatic rings. The van der Waals surface area contributed by atoms with E-state index in [4.69, 9.17) is 9.97 Å². The second-order valence-corrected chi connectivity index (χ2v) is 15.4. The van der Waals surface area contributed by atoms with E-state index in [1.807, 2.05) is 24.3 Å². The summed E-state index contributed by atoms with van der Waals surface area (Å²) in [6.07, 6.45) is 11.2. The number of aryl methyl sites for hydroxylation is 1. The van der Waals surface area contributed by atoms with Gasteiger partial charge in [-0.3, -0.25) is 4.90 Å². The van der Waals surface area contributed by atoms with E-state index in [2.05, 4.69) is 109 Å². The Morgan fingerprint density at radius 2 is 1.78 bits per heavy atom. The molecule has 2 aromatic heterocycles. The summed E-state index contributed by atoms with van der Waals surface area (Å²) in [4.78, 5) is 14.9. The second-order valence-electron chi connectivity index (χ2n) is 14.4. The topological polar surface area (TPSA) is 44.3 Å². The van der Waals surface area contributed by atoms with Gasteiger partial charge in [0.05, 0.1) is 15.9 Å². The van der Waals surface area contributed by atoms with Gasteiger partial charge in [-0.1, -0.05) is 92.4 Å². The molecule has 2 aliphatic heterocycles. The molecule has 3 aromatic carbocycles. The maximum absolute atomic E-state index is 5.21. The first-order chi connectivity index (χ1) is 24.9. The zero-order valence-electron chi connectivity index (χ0n) is 30.3. The quantitative estimate of drug-likeness (QED) is 0.124. The molecule has 7 rings (SSSR count). The average Bonchev–Trinajstić information content (AvgIpc) is 3.57. The number of likely N-dealkylation sites (tertiary alicyclic amines) is 1. The number of thiazole rings is 1. The van der Waals surface area contributed by atoms with E-state index in [9.17, 15) is 0 Å². The summed E-state index contributed by atoms with van der Waals surface area (Å²) in [5, 5.41) is 4.37. The van der Waals surface area contributed by atoms with Crippen molar-refractivity contribution in [3.05, 3.63) is 132 Å². The minimum atomic E-state index is 0.772. The van der Waals surface area contributed by atoms with Crippen molar-refractivity contribution in [1.82, 2.24) is 14.9 Å². The summed E-state index contributed by atoms with van der Waals surface area (Å²) in [5.41, 5.74) is 11.8. The van der Waals surface area contributed by atoms with Gasteiger partial charge in [-0.15, -0.1) is 6.58 Å². The maximum atomic E-state index is 5.21. The zero-order valence-corrected chi connectivity index (χ0v) is 31.2. The fourth-order valence-electron chi connectivity index (χ4n) is 8.19. The Balaban J connectivity index is 1.03. The number of anilines is 2. The van der Waals surface area contributed by atoms with Gasteiger partial charge in [0.1, 0.15) is 5.82 Å². The van der Waals surface area contributed by atoms with E-state index in [-0.39, 0.29) is 0 Å². The van der Waals surface area contributed by atoms with Crippen molar-refractivity contribution >= 4 is 44.3 Å². The monoisotopic (exact) mass is 693 g/mol. The smallest absolute Gasteiger partial charge is 0.188 e. The highest BCUT2D eigenvalue weighted by Crippen LogP contribution is 2.35. The molecule has 4 heterocycles. The van der Waals surface area contributed by atoms with Crippen LogP contribution in [0, 0.1) is 18.8 Å². The van der Waals surface area contributed by atoms with Gasteiger partial charge in [-0.05, 0) is 122 Å². The van der Waals surface area contributed by atoms with E-state index in [0.29, 0.717) is 0 Å². The standard InChI is InChI=1S/C45H51N5S/c1-6-26-49-27-23-34(24-28-49)31(3)13-10-14-35-15-11-17-37(32(35)4)39-21-22-44(47-41(39)7-2)50-29-25-36-16-12-18-38(40(36)30-50)33(5)46-45-48-42-19-8-9-20-43(42)51-45/h6-9,11-12,15-22,31,34H,1-2,5,10,13-14,23-30H2,3-4H3,(H,46,48). The lowest BCUT2D eigenvalue weighted by atomic mass is 9.82. The van der Waals surface area contributed by atoms with Crippen LogP contribution in [0.3, 0.4) is 0 Å². The SMILES string of the molecule is C=CCN1CCC(C(C)CCCc2cccc(-c3ccc(N4CCc5cccc(C(=C)Nc6nc7ccccc7s6)c5C4)nc3C=C)c2C)CC1. The highest BCUT2D eigenvalue weighted by atomic mass is 32.1. The number of fused-ring (bicyclic) bond motifs is 2. The van der Waals surface area contributed by atoms with Crippen LogP contribution in [0.25, 0.3) is 33.1 Å². The third-order valence-electron chi connectivity index (χ3n) is 11.2. The molecule has 0 bridgehead atoms. The first-order valence-corrected chi connectivity index (χ1v) is 19.5. The molecule has 1 N–H and O–H groups in total. The fraction of sp³-hybridized carbons (Fsp3) is 0.333. The highest BCUT2D eigenvalue weighted by Gasteiger charge is 2.24. The number of aromatic nitrogens is 2. The Kier molecular flexibility index (Phi) is 10.8. The Morgan fingerprint density at radius 1 is 0.961 bits per heavy atom. The molecule has 0 spiro atoms. The van der Waals surface area contributed by atoms with Crippen LogP contribution < -0.4 is 10.2 Å². The molecule has 2 aliphatic rings. The third kappa shape index (κ3) is 7.73. The molecule has 0 aliphatic carbocycles. The third-order valence-corrected chi connectivity index (χ3v) is 12.2. The Hall–Kier alpha value is -4.52. The van der Waals surface area contributed by atoms with Gasteiger partial charge < -0.3 is 10.2 Å². The van der Waals surface area contributed by atoms with Gasteiger partial charge in [-0.25, -0.2) is 9.97 Å². The molecule has 5 nitrogen and oxygen atoms in total. The lowest BCUT2D eigenvalue weighted by molar-refractivity contribution is 0.159. The summed E-state index contributed by atoms with van der Waals surface area (Å²) in [6.45, 7) is 22.5. The number of pyridine rings is 1. The van der Waals surface area contributed by atoms with E-state index in [1.54, 1.807) is 11.3 Å². The van der Waals surface area contributed by atoms with Crippen molar-refractivity contribution in [3.8, 4) is 11.1 Å². The Morgan fingerprint density at radius 3 is 2.59 bits per heavy atom.